The van der Waals surface area contributed by atoms with E-state index in [1.54, 1.807) is 0 Å². The highest BCUT2D eigenvalue weighted by molar-refractivity contribution is 7.24. The number of rotatable bonds is 13. The third-order valence-corrected chi connectivity index (χ3v) is 10.4. The summed E-state index contributed by atoms with van der Waals surface area (Å²) in [6.07, 6.45) is 8.04. The van der Waals surface area contributed by atoms with Crippen molar-refractivity contribution in [2.45, 2.75) is 47.6 Å². The van der Waals surface area contributed by atoms with Gasteiger partial charge in [0, 0.05) is 39.9 Å². The Morgan fingerprint density at radius 1 is 0.784 bits per heavy atom. The predicted octanol–water partition coefficient (Wildman–Crippen LogP) is 8.20. The topological polar surface area (TPSA) is 7.12 Å². The standard InChI is InChI=1S/C32H43N3S2/c1-6-33(7-2)32-21-20-31(37-32)30-19-18-27(36-30)17-16-26-22-24-34(29-15-12-11-14-28(26)29)23-13-25-35(8-3,9-4)10-5/h11-12,14-22,24H,6-10,13,23,25H2,1-5H3/q+2. The van der Waals surface area contributed by atoms with Crippen LogP contribution >= 0.6 is 22.7 Å². The minimum atomic E-state index is 1.05. The Balaban J connectivity index is 1.50. The van der Waals surface area contributed by atoms with Crippen molar-refractivity contribution in [2.24, 2.45) is 0 Å². The zero-order chi connectivity index (χ0) is 26.3. The molecule has 0 saturated carbocycles. The summed E-state index contributed by atoms with van der Waals surface area (Å²) >= 11 is 3.77. The van der Waals surface area contributed by atoms with Crippen molar-refractivity contribution in [1.29, 1.82) is 0 Å². The van der Waals surface area contributed by atoms with Crippen LogP contribution in [0.15, 0.2) is 60.8 Å². The van der Waals surface area contributed by atoms with Crippen LogP contribution in [0.5, 0.6) is 0 Å². The van der Waals surface area contributed by atoms with Gasteiger partial charge in [-0.1, -0.05) is 18.2 Å². The van der Waals surface area contributed by atoms with E-state index in [9.17, 15) is 0 Å². The predicted molar refractivity (Wildman–Crippen MR) is 166 cm³/mol. The number of aromatic nitrogens is 1. The molecule has 3 heterocycles. The maximum atomic E-state index is 2.44. The van der Waals surface area contributed by atoms with Crippen LogP contribution in [-0.2, 0) is 6.54 Å². The SMILES string of the molecule is CCN(CC)c1ccc(-c2ccc(/C=C/c3cc[n+](CCC[N+](CC)(CC)CC)c4ccccc34)s2)s1. The van der Waals surface area contributed by atoms with Crippen molar-refractivity contribution in [3.63, 3.8) is 0 Å². The lowest BCUT2D eigenvalue weighted by Crippen LogP contribution is -2.49. The van der Waals surface area contributed by atoms with Gasteiger partial charge in [0.2, 0.25) is 5.52 Å². The maximum Gasteiger partial charge on any atom is 0.213 e. The summed E-state index contributed by atoms with van der Waals surface area (Å²) in [5.41, 5.74) is 2.60. The lowest BCUT2D eigenvalue weighted by Gasteiger charge is -2.35. The van der Waals surface area contributed by atoms with E-state index in [4.69, 9.17) is 0 Å². The number of anilines is 1. The molecule has 0 aliphatic rings. The number of hydrogen-bond acceptors (Lipinski definition) is 3. The molecule has 0 aliphatic heterocycles. The van der Waals surface area contributed by atoms with Crippen LogP contribution in [0.25, 0.3) is 32.8 Å². The second-order valence-electron chi connectivity index (χ2n) is 9.69. The Bertz CT molecular complexity index is 1300. The lowest BCUT2D eigenvalue weighted by atomic mass is 10.1. The van der Waals surface area contributed by atoms with Crippen LogP contribution in [0.2, 0.25) is 0 Å². The minimum Gasteiger partial charge on any atom is -0.364 e. The smallest absolute Gasteiger partial charge is 0.213 e. The number of nitrogens with zero attached hydrogens (tertiary/aromatic N) is 3. The number of thiophene rings is 2. The molecule has 3 aromatic heterocycles. The molecular formula is C32H43N3S2+2. The molecule has 37 heavy (non-hydrogen) atoms. The van der Waals surface area contributed by atoms with Gasteiger partial charge >= 0.3 is 0 Å². The largest absolute Gasteiger partial charge is 0.364 e. The molecule has 0 unspecified atom stereocenters. The minimum absolute atomic E-state index is 1.05. The highest BCUT2D eigenvalue weighted by Gasteiger charge is 2.21. The summed E-state index contributed by atoms with van der Waals surface area (Å²) in [6, 6.07) is 20.2. The van der Waals surface area contributed by atoms with Gasteiger partial charge in [0.25, 0.3) is 0 Å². The average Bonchev–Trinajstić information content (AvgIpc) is 3.62. The molecule has 4 rings (SSSR count). The summed E-state index contributed by atoms with van der Waals surface area (Å²) in [6.45, 7) is 19.5. The van der Waals surface area contributed by atoms with Gasteiger partial charge in [-0.05, 0) is 76.6 Å². The van der Waals surface area contributed by atoms with Gasteiger partial charge < -0.3 is 9.38 Å². The first-order valence-corrected chi connectivity index (χ1v) is 15.6. The van der Waals surface area contributed by atoms with Crippen molar-refractivity contribution in [3.05, 3.63) is 71.2 Å². The molecule has 0 fully saturated rings. The summed E-state index contributed by atoms with van der Waals surface area (Å²) < 4.78 is 3.65. The number of para-hydroxylation sites is 1. The molecule has 5 heteroatoms. The van der Waals surface area contributed by atoms with E-state index in [0.29, 0.717) is 0 Å². The van der Waals surface area contributed by atoms with E-state index in [0.717, 1.165) is 19.6 Å². The molecular weight excluding hydrogens is 491 g/mol. The molecule has 0 N–H and O–H groups in total. The van der Waals surface area contributed by atoms with Crippen molar-refractivity contribution in [1.82, 2.24) is 0 Å². The van der Waals surface area contributed by atoms with E-state index in [1.165, 1.54) is 73.2 Å². The van der Waals surface area contributed by atoms with Crippen molar-refractivity contribution in [3.8, 4) is 9.75 Å². The molecule has 0 atom stereocenters. The van der Waals surface area contributed by atoms with Crippen molar-refractivity contribution >= 4 is 50.7 Å². The van der Waals surface area contributed by atoms with Crippen molar-refractivity contribution in [2.75, 3.05) is 44.2 Å². The maximum absolute atomic E-state index is 2.44. The third-order valence-electron chi connectivity index (χ3n) is 7.97. The molecule has 3 nitrogen and oxygen atoms in total. The van der Waals surface area contributed by atoms with E-state index in [2.05, 4.69) is 117 Å². The fourth-order valence-corrected chi connectivity index (χ4v) is 7.42. The van der Waals surface area contributed by atoms with Crippen LogP contribution < -0.4 is 9.47 Å². The summed E-state index contributed by atoms with van der Waals surface area (Å²) in [5.74, 6) is 0. The molecule has 1 aromatic carbocycles. The second kappa shape index (κ2) is 12.9. The van der Waals surface area contributed by atoms with E-state index >= 15 is 0 Å². The van der Waals surface area contributed by atoms with Gasteiger partial charge in [-0.2, -0.15) is 4.57 Å². The van der Waals surface area contributed by atoms with Gasteiger partial charge in [-0.25, -0.2) is 0 Å². The molecule has 0 spiro atoms. The van der Waals surface area contributed by atoms with Gasteiger partial charge in [0.15, 0.2) is 12.7 Å². The molecule has 4 aromatic rings. The highest BCUT2D eigenvalue weighted by Crippen LogP contribution is 2.37. The quantitative estimate of drug-likeness (QED) is 0.124. The van der Waals surface area contributed by atoms with Crippen LogP contribution in [-0.4, -0.2) is 43.8 Å². The molecule has 0 aliphatic carbocycles. The fourth-order valence-electron chi connectivity index (χ4n) is 5.28. The van der Waals surface area contributed by atoms with Crippen LogP contribution in [0.1, 0.15) is 51.5 Å². The van der Waals surface area contributed by atoms with Gasteiger partial charge in [0.05, 0.1) is 43.0 Å². The second-order valence-corrected chi connectivity index (χ2v) is 11.9. The monoisotopic (exact) mass is 533 g/mol. The number of aryl methyl sites for hydroxylation is 1. The Hall–Kier alpha value is -2.47. The highest BCUT2D eigenvalue weighted by atomic mass is 32.1. The van der Waals surface area contributed by atoms with E-state index in [1.807, 2.05) is 22.7 Å². The van der Waals surface area contributed by atoms with Crippen LogP contribution in [0.4, 0.5) is 5.00 Å². The summed E-state index contributed by atoms with van der Waals surface area (Å²) in [5, 5.41) is 2.68. The van der Waals surface area contributed by atoms with Gasteiger partial charge in [-0.3, -0.25) is 0 Å². The number of hydrogen-bond donors (Lipinski definition) is 0. The Morgan fingerprint density at radius 3 is 2.22 bits per heavy atom. The average molecular weight is 534 g/mol. The first-order valence-electron chi connectivity index (χ1n) is 14.0. The summed E-state index contributed by atoms with van der Waals surface area (Å²) in [4.78, 5) is 6.41. The molecule has 196 valence electrons. The number of pyridine rings is 1. The normalized spacial score (nSPS) is 12.1. The van der Waals surface area contributed by atoms with Crippen LogP contribution in [0.3, 0.4) is 0 Å². The van der Waals surface area contributed by atoms with Crippen LogP contribution in [0, 0.1) is 0 Å². The lowest BCUT2D eigenvalue weighted by molar-refractivity contribution is -0.925. The summed E-state index contributed by atoms with van der Waals surface area (Å²) in [7, 11) is 0. The third kappa shape index (κ3) is 6.34. The zero-order valence-corrected chi connectivity index (χ0v) is 24.9. The van der Waals surface area contributed by atoms with Gasteiger partial charge in [-0.15, -0.1) is 22.7 Å². The fraction of sp³-hybridized carbons (Fsp3) is 0.406. The Kier molecular flexibility index (Phi) is 9.58. The first kappa shape index (κ1) is 27.6. The zero-order valence-electron chi connectivity index (χ0n) is 23.2. The van der Waals surface area contributed by atoms with Crippen molar-refractivity contribution < 1.29 is 9.05 Å². The van der Waals surface area contributed by atoms with E-state index < -0.39 is 0 Å². The number of fused-ring (bicyclic) bond motifs is 1. The molecule has 0 radical (unpaired) electrons. The van der Waals surface area contributed by atoms with E-state index in [-0.39, 0.29) is 0 Å². The molecule has 0 saturated heterocycles. The Morgan fingerprint density at radius 2 is 1.49 bits per heavy atom. The number of quaternary nitrogens is 1. The Labute approximate surface area is 231 Å². The number of benzene rings is 1. The molecule has 0 bridgehead atoms. The first-order chi connectivity index (χ1) is 18.1. The molecule has 0 amide bonds. The van der Waals surface area contributed by atoms with Gasteiger partial charge in [0.1, 0.15) is 0 Å².